The summed E-state index contributed by atoms with van der Waals surface area (Å²) < 4.78 is 209. The molecular formula is C46H30. The summed E-state index contributed by atoms with van der Waals surface area (Å²) in [6.07, 6.45) is 0. The van der Waals surface area contributed by atoms with Crippen molar-refractivity contribution in [2.45, 2.75) is 0 Å². The molecule has 0 unspecified atom stereocenters. The monoisotopic (exact) mass is 605 g/mol. The zero-order valence-corrected chi connectivity index (χ0v) is 23.5. The van der Waals surface area contributed by atoms with Gasteiger partial charge in [-0.3, -0.25) is 0 Å². The van der Waals surface area contributed by atoms with E-state index < -0.39 is 205 Å². The SMILES string of the molecule is [2H]c1c([2H])c([2H])c(-c2c3c([2H])c([2H])c([2H])c([2H])c3c(-c3c([2H])c([2H])c([2H])c(-c4c([2H])c([2H])c([2H])c5c([2H])c(-c6cccc7ccccc67)c([2H])c([2H])c45)c3[2H])c3c([2H])c([2H])c([2H])c([2H])c23)c([2H])c1[2H]. The molecule has 0 saturated heterocycles. The summed E-state index contributed by atoms with van der Waals surface area (Å²) in [5.74, 6) is 0. The summed E-state index contributed by atoms with van der Waals surface area (Å²) in [7, 11) is 0. The highest BCUT2D eigenvalue weighted by molar-refractivity contribution is 6.21. The highest BCUT2D eigenvalue weighted by Crippen LogP contribution is 2.44. The van der Waals surface area contributed by atoms with E-state index in [1.54, 1.807) is 42.5 Å². The largest absolute Gasteiger partial charge is 0.0636 e. The fraction of sp³-hybridized carbons (Fsp3) is 0. The fourth-order valence-electron chi connectivity index (χ4n) is 5.77. The fourth-order valence-corrected chi connectivity index (χ4v) is 5.77. The van der Waals surface area contributed by atoms with Crippen LogP contribution in [0.25, 0.3) is 87.6 Å². The van der Waals surface area contributed by atoms with Gasteiger partial charge in [0.1, 0.15) is 0 Å². The van der Waals surface area contributed by atoms with Crippen molar-refractivity contribution in [1.82, 2.24) is 0 Å². The Morgan fingerprint density at radius 1 is 0.304 bits per heavy atom. The van der Waals surface area contributed by atoms with Crippen molar-refractivity contribution in [3.05, 3.63) is 181 Å². The van der Waals surface area contributed by atoms with Gasteiger partial charge in [0.2, 0.25) is 0 Å². The molecule has 0 aromatic heterocycles. The number of fused-ring (bicyclic) bond motifs is 4. The van der Waals surface area contributed by atoms with Gasteiger partial charge in [-0.1, -0.05) is 169 Å². The molecule has 0 amide bonds. The molecule has 9 aromatic rings. The molecule has 0 fully saturated rings. The minimum atomic E-state index is -1.02. The summed E-state index contributed by atoms with van der Waals surface area (Å²) >= 11 is 0. The van der Waals surface area contributed by atoms with E-state index in [9.17, 15) is 16.4 Å². The number of rotatable bonds is 4. The Hall–Kier alpha value is -5.98. The Bertz CT molecular complexity index is 3760. The molecule has 214 valence electrons. The molecule has 0 N–H and O–H groups in total. The third-order valence-electron chi connectivity index (χ3n) is 7.75. The molecule has 9 aromatic carbocycles. The maximum atomic E-state index is 9.91. The highest BCUT2D eigenvalue weighted by atomic mass is 14.2. The third kappa shape index (κ3) is 4.30. The van der Waals surface area contributed by atoms with Gasteiger partial charge in [0.25, 0.3) is 0 Å². The standard InChI is InChI=1S/C46H30/c1-2-14-32(15-3-1)45-41-21-6-8-23-43(41)46(44-24-9-7-22-42(44)45)36-19-10-17-34(30-36)38-26-12-18-33-29-35(27-28-40(33)38)39-25-11-16-31-13-4-5-20-37(31)39/h1-30H/i1D,2D,3D,6D,7D,8D,9D,10D,12D,14D,15D,17D,18D,19D,21D,22D,23D,24D,26D,27D,28D,29D,30D. The van der Waals surface area contributed by atoms with Crippen LogP contribution in [0.15, 0.2) is 181 Å². The Kier molecular flexibility index (Phi) is 2.86. The van der Waals surface area contributed by atoms with Crippen LogP contribution < -0.4 is 0 Å². The van der Waals surface area contributed by atoms with Gasteiger partial charge < -0.3 is 0 Å². The second kappa shape index (κ2) is 10.9. The van der Waals surface area contributed by atoms with Gasteiger partial charge in [0.05, 0.1) is 31.5 Å². The van der Waals surface area contributed by atoms with Crippen molar-refractivity contribution in [2.75, 3.05) is 0 Å². The molecule has 46 heavy (non-hydrogen) atoms. The van der Waals surface area contributed by atoms with Gasteiger partial charge in [-0.15, -0.1) is 0 Å². The molecule has 0 atom stereocenters. The molecule has 0 aliphatic rings. The van der Waals surface area contributed by atoms with Gasteiger partial charge in [-0.25, -0.2) is 0 Å². The number of hydrogen-bond donors (Lipinski definition) is 0. The molecule has 0 aliphatic carbocycles. The first-order chi connectivity index (χ1) is 32.4. The molecule has 0 heterocycles. The summed E-state index contributed by atoms with van der Waals surface area (Å²) in [5.41, 5.74) is -4.07. The van der Waals surface area contributed by atoms with Crippen LogP contribution in [-0.4, -0.2) is 0 Å². The van der Waals surface area contributed by atoms with E-state index in [-0.39, 0.29) is 5.56 Å². The zero-order chi connectivity index (χ0) is 50.5. The number of hydrogen-bond acceptors (Lipinski definition) is 0. The molecule has 0 nitrogen and oxygen atoms in total. The molecule has 0 spiro atoms. The lowest BCUT2D eigenvalue weighted by Crippen LogP contribution is -1.91. The molecule has 0 saturated carbocycles. The molecule has 0 heteroatoms. The van der Waals surface area contributed by atoms with Gasteiger partial charge in [-0.05, 0) is 99.7 Å². The maximum Gasteiger partial charge on any atom is 0.0636 e. The summed E-state index contributed by atoms with van der Waals surface area (Å²) in [6.45, 7) is 0. The first-order valence-corrected chi connectivity index (χ1v) is 14.1. The summed E-state index contributed by atoms with van der Waals surface area (Å²) in [4.78, 5) is 0. The van der Waals surface area contributed by atoms with Crippen molar-refractivity contribution in [3.63, 3.8) is 0 Å². The predicted molar refractivity (Wildman–Crippen MR) is 198 cm³/mol. The van der Waals surface area contributed by atoms with Crippen LogP contribution in [0, 0.1) is 0 Å². The van der Waals surface area contributed by atoms with E-state index >= 15 is 0 Å². The Morgan fingerprint density at radius 2 is 0.891 bits per heavy atom. The van der Waals surface area contributed by atoms with E-state index in [0.29, 0.717) is 10.9 Å². The van der Waals surface area contributed by atoms with Crippen LogP contribution >= 0.6 is 0 Å². The number of benzene rings is 9. The maximum absolute atomic E-state index is 9.91. The van der Waals surface area contributed by atoms with E-state index in [4.69, 9.17) is 15.1 Å². The zero-order valence-electron chi connectivity index (χ0n) is 46.5. The van der Waals surface area contributed by atoms with Crippen molar-refractivity contribution in [1.29, 1.82) is 0 Å². The molecule has 9 rings (SSSR count). The summed E-state index contributed by atoms with van der Waals surface area (Å²) in [6, 6.07) is -8.09. The average molecular weight is 606 g/mol. The van der Waals surface area contributed by atoms with E-state index in [0.717, 1.165) is 5.39 Å². The highest BCUT2D eigenvalue weighted by Gasteiger charge is 2.17. The van der Waals surface area contributed by atoms with E-state index in [2.05, 4.69) is 0 Å². The first kappa shape index (κ1) is 12.1. The lowest BCUT2D eigenvalue weighted by atomic mass is 9.85. The Morgan fingerprint density at radius 3 is 1.65 bits per heavy atom. The van der Waals surface area contributed by atoms with Crippen molar-refractivity contribution in [2.24, 2.45) is 0 Å². The molecule has 0 bridgehead atoms. The third-order valence-corrected chi connectivity index (χ3v) is 7.75. The Balaban J connectivity index is 1.55. The van der Waals surface area contributed by atoms with Crippen molar-refractivity contribution in [3.8, 4) is 44.5 Å². The van der Waals surface area contributed by atoms with Crippen LogP contribution in [0.1, 0.15) is 31.5 Å². The molecule has 0 radical (unpaired) electrons. The van der Waals surface area contributed by atoms with Gasteiger partial charge in [0.15, 0.2) is 0 Å². The van der Waals surface area contributed by atoms with Crippen LogP contribution in [0.5, 0.6) is 0 Å². The minimum absolute atomic E-state index is 0.109. The minimum Gasteiger partial charge on any atom is -0.0622 e. The van der Waals surface area contributed by atoms with Crippen LogP contribution in [0.2, 0.25) is 0 Å². The van der Waals surface area contributed by atoms with Crippen molar-refractivity contribution >= 4 is 43.1 Å². The lowest BCUT2D eigenvalue weighted by Gasteiger charge is -2.18. The predicted octanol–water partition coefficient (Wildman–Crippen LogP) is 13.0. The Labute approximate surface area is 301 Å². The topological polar surface area (TPSA) is 0 Å². The van der Waals surface area contributed by atoms with E-state index in [1.807, 2.05) is 0 Å². The van der Waals surface area contributed by atoms with Crippen LogP contribution in [0.4, 0.5) is 0 Å². The second-order valence-electron chi connectivity index (χ2n) is 10.3. The average Bonchev–Trinajstić information content (AvgIpc) is 3.33. The summed E-state index contributed by atoms with van der Waals surface area (Å²) in [5, 5.41) is -2.35. The van der Waals surface area contributed by atoms with Crippen molar-refractivity contribution < 1.29 is 31.5 Å². The van der Waals surface area contributed by atoms with E-state index in [1.165, 1.54) is 0 Å². The normalized spacial score (nSPS) is 18.5. The van der Waals surface area contributed by atoms with Gasteiger partial charge in [0, 0.05) is 0 Å². The van der Waals surface area contributed by atoms with Gasteiger partial charge in [-0.2, -0.15) is 0 Å². The molecule has 0 aliphatic heterocycles. The lowest BCUT2D eigenvalue weighted by molar-refractivity contribution is 1.62. The second-order valence-corrected chi connectivity index (χ2v) is 10.3. The smallest absolute Gasteiger partial charge is 0.0622 e. The van der Waals surface area contributed by atoms with Gasteiger partial charge >= 0.3 is 0 Å². The first-order valence-electron chi connectivity index (χ1n) is 25.6. The van der Waals surface area contributed by atoms with Crippen LogP contribution in [0.3, 0.4) is 0 Å². The van der Waals surface area contributed by atoms with Crippen LogP contribution in [-0.2, 0) is 0 Å². The molecular weight excluding hydrogens is 553 g/mol. The quantitative estimate of drug-likeness (QED) is 0.175.